The minimum atomic E-state index is -0.758. The molecular weight excluding hydrogens is 184 g/mol. The average molecular weight is 196 g/mol. The van der Waals surface area contributed by atoms with E-state index in [1.165, 1.54) is 0 Å². The molecule has 76 valence electrons. The molecular formula is C10H12O4. The first-order valence-electron chi connectivity index (χ1n) is 4.79. The molecule has 0 spiro atoms. The molecule has 3 saturated heterocycles. The van der Waals surface area contributed by atoms with Crippen molar-refractivity contribution in [3.05, 3.63) is 12.2 Å². The summed E-state index contributed by atoms with van der Waals surface area (Å²) in [5, 5.41) is 9.84. The molecule has 0 unspecified atom stereocenters. The Morgan fingerprint density at radius 2 is 2.36 bits per heavy atom. The van der Waals surface area contributed by atoms with Gasteiger partial charge < -0.3 is 14.6 Å². The number of aliphatic hydroxyl groups excluding tert-OH is 1. The predicted octanol–water partition coefficient (Wildman–Crippen LogP) is 0.211. The molecule has 1 N–H and O–H groups in total. The lowest BCUT2D eigenvalue weighted by atomic mass is 9.78. The van der Waals surface area contributed by atoms with Crippen LogP contribution in [0.1, 0.15) is 13.3 Å². The van der Waals surface area contributed by atoms with Crippen LogP contribution in [0.15, 0.2) is 12.2 Å². The summed E-state index contributed by atoms with van der Waals surface area (Å²) in [6, 6.07) is 0. The van der Waals surface area contributed by atoms with Crippen molar-refractivity contribution in [3.63, 3.8) is 0 Å². The fourth-order valence-electron chi connectivity index (χ4n) is 2.89. The summed E-state index contributed by atoms with van der Waals surface area (Å²) < 4.78 is 10.6. The van der Waals surface area contributed by atoms with E-state index in [4.69, 9.17) is 9.47 Å². The molecule has 4 rings (SSSR count). The van der Waals surface area contributed by atoms with Crippen LogP contribution in [0.2, 0.25) is 0 Å². The third-order valence-electron chi connectivity index (χ3n) is 3.78. The molecule has 4 nitrogen and oxygen atoms in total. The van der Waals surface area contributed by atoms with E-state index >= 15 is 0 Å². The summed E-state index contributed by atoms with van der Waals surface area (Å²) in [6.07, 6.45) is -0.669. The van der Waals surface area contributed by atoms with Crippen molar-refractivity contribution >= 4 is 5.97 Å². The molecule has 1 aliphatic carbocycles. The van der Waals surface area contributed by atoms with E-state index in [0.29, 0.717) is 6.42 Å². The zero-order valence-electron chi connectivity index (χ0n) is 7.90. The summed E-state index contributed by atoms with van der Waals surface area (Å²) in [4.78, 5) is 11.6. The van der Waals surface area contributed by atoms with Crippen LogP contribution in [0.25, 0.3) is 0 Å². The van der Waals surface area contributed by atoms with Crippen molar-refractivity contribution in [2.24, 2.45) is 11.8 Å². The number of aliphatic hydroxyl groups is 1. The Bertz CT molecular complexity index is 337. The SMILES string of the molecule is C=C1[C@H]2OC(=O)[C@H]3[C@@H]1C[C@H](O)[C@]3(C)O2. The van der Waals surface area contributed by atoms with Crippen LogP contribution in [0.4, 0.5) is 0 Å². The van der Waals surface area contributed by atoms with Crippen LogP contribution in [0, 0.1) is 11.8 Å². The van der Waals surface area contributed by atoms with Crippen LogP contribution < -0.4 is 0 Å². The van der Waals surface area contributed by atoms with Gasteiger partial charge in [0.15, 0.2) is 0 Å². The van der Waals surface area contributed by atoms with Gasteiger partial charge in [-0.25, -0.2) is 0 Å². The third-order valence-corrected chi connectivity index (χ3v) is 3.78. The van der Waals surface area contributed by atoms with Gasteiger partial charge in [-0.1, -0.05) is 6.58 Å². The molecule has 4 bridgehead atoms. The summed E-state index contributed by atoms with van der Waals surface area (Å²) >= 11 is 0. The van der Waals surface area contributed by atoms with E-state index in [9.17, 15) is 9.90 Å². The lowest BCUT2D eigenvalue weighted by Crippen LogP contribution is -2.59. The van der Waals surface area contributed by atoms with Gasteiger partial charge in [0.2, 0.25) is 6.29 Å². The number of hydrogen-bond acceptors (Lipinski definition) is 4. The normalized spacial score (nSPS) is 55.0. The monoisotopic (exact) mass is 196 g/mol. The third kappa shape index (κ3) is 0.709. The maximum Gasteiger partial charge on any atom is 0.315 e. The number of ether oxygens (including phenoxy) is 2. The second kappa shape index (κ2) is 2.20. The zero-order valence-corrected chi connectivity index (χ0v) is 7.90. The van der Waals surface area contributed by atoms with E-state index in [0.717, 1.165) is 5.57 Å². The highest BCUT2D eigenvalue weighted by Crippen LogP contribution is 2.55. The maximum absolute atomic E-state index is 11.6. The van der Waals surface area contributed by atoms with Crippen molar-refractivity contribution in [3.8, 4) is 0 Å². The van der Waals surface area contributed by atoms with Crippen LogP contribution >= 0.6 is 0 Å². The van der Waals surface area contributed by atoms with Crippen LogP contribution in [-0.2, 0) is 14.3 Å². The largest absolute Gasteiger partial charge is 0.431 e. The molecule has 1 saturated carbocycles. The first-order valence-corrected chi connectivity index (χ1v) is 4.79. The fraction of sp³-hybridized carbons (Fsp3) is 0.700. The topological polar surface area (TPSA) is 55.8 Å². The molecule has 0 aromatic rings. The van der Waals surface area contributed by atoms with Crippen molar-refractivity contribution in [1.29, 1.82) is 0 Å². The van der Waals surface area contributed by atoms with Gasteiger partial charge in [0.1, 0.15) is 5.60 Å². The van der Waals surface area contributed by atoms with Crippen molar-refractivity contribution in [1.82, 2.24) is 0 Å². The van der Waals surface area contributed by atoms with Crippen LogP contribution in [-0.4, -0.2) is 29.1 Å². The lowest BCUT2D eigenvalue weighted by Gasteiger charge is -2.47. The van der Waals surface area contributed by atoms with Crippen LogP contribution in [0.3, 0.4) is 0 Å². The Morgan fingerprint density at radius 1 is 1.64 bits per heavy atom. The van der Waals surface area contributed by atoms with E-state index in [2.05, 4.69) is 6.58 Å². The van der Waals surface area contributed by atoms with Gasteiger partial charge in [0.05, 0.1) is 12.0 Å². The Hall–Kier alpha value is -0.870. The van der Waals surface area contributed by atoms with Gasteiger partial charge in [-0.2, -0.15) is 0 Å². The minimum Gasteiger partial charge on any atom is -0.431 e. The Morgan fingerprint density at radius 3 is 3.00 bits per heavy atom. The maximum atomic E-state index is 11.6. The van der Waals surface area contributed by atoms with E-state index in [1.807, 2.05) is 0 Å². The summed E-state index contributed by atoms with van der Waals surface area (Å²) in [6.45, 7) is 5.64. The van der Waals surface area contributed by atoms with Gasteiger partial charge in [0.25, 0.3) is 0 Å². The van der Waals surface area contributed by atoms with Crippen molar-refractivity contribution < 1.29 is 19.4 Å². The highest BCUT2D eigenvalue weighted by molar-refractivity contribution is 5.78. The summed E-state index contributed by atoms with van der Waals surface area (Å²) in [5.74, 6) is -0.581. The molecule has 0 aromatic carbocycles. The highest BCUT2D eigenvalue weighted by Gasteiger charge is 2.66. The van der Waals surface area contributed by atoms with Gasteiger partial charge >= 0.3 is 5.97 Å². The highest BCUT2D eigenvalue weighted by atomic mass is 16.7. The Labute approximate surface area is 81.5 Å². The molecule has 4 aliphatic rings. The molecule has 3 heterocycles. The molecule has 0 radical (unpaired) electrons. The molecule has 4 heteroatoms. The molecule has 4 fully saturated rings. The molecule has 0 aromatic heterocycles. The fourth-order valence-corrected chi connectivity index (χ4v) is 2.89. The van der Waals surface area contributed by atoms with Gasteiger partial charge in [-0.15, -0.1) is 0 Å². The second-order valence-corrected chi connectivity index (χ2v) is 4.48. The minimum absolute atomic E-state index is 0.0370. The van der Waals surface area contributed by atoms with Crippen molar-refractivity contribution in [2.45, 2.75) is 31.3 Å². The van der Waals surface area contributed by atoms with Gasteiger partial charge in [0, 0.05) is 5.92 Å². The molecule has 3 aliphatic heterocycles. The van der Waals surface area contributed by atoms with E-state index in [1.54, 1.807) is 6.92 Å². The summed E-state index contributed by atoms with van der Waals surface area (Å²) in [7, 11) is 0. The smallest absolute Gasteiger partial charge is 0.315 e. The standard InChI is InChI=1S/C10H12O4/c1-4-5-3-6(11)10(2)7(5)8(12)13-9(4)14-10/h5-7,9,11H,1,3H2,2H3/t5-,6+,7-,9+,10+/m1/s1. The first kappa shape index (κ1) is 8.44. The predicted molar refractivity (Wildman–Crippen MR) is 46.1 cm³/mol. The molecule has 14 heavy (non-hydrogen) atoms. The second-order valence-electron chi connectivity index (χ2n) is 4.48. The average Bonchev–Trinajstić information content (AvgIpc) is 2.33. The van der Waals surface area contributed by atoms with E-state index < -0.39 is 18.0 Å². The van der Waals surface area contributed by atoms with E-state index in [-0.39, 0.29) is 17.8 Å². The van der Waals surface area contributed by atoms with Crippen LogP contribution in [0.5, 0.6) is 0 Å². The Balaban J connectivity index is 2.13. The molecule has 0 amide bonds. The van der Waals surface area contributed by atoms with Gasteiger partial charge in [-0.05, 0) is 18.9 Å². The van der Waals surface area contributed by atoms with Crippen molar-refractivity contribution in [2.75, 3.05) is 0 Å². The first-order chi connectivity index (χ1) is 6.54. The molecule has 5 atom stereocenters. The number of carbonyl (C=O) groups is 1. The summed E-state index contributed by atoms with van der Waals surface area (Å²) in [5.41, 5.74) is 0.0369. The van der Waals surface area contributed by atoms with Gasteiger partial charge in [-0.3, -0.25) is 4.79 Å². The number of rotatable bonds is 0. The number of carbonyl (C=O) groups excluding carboxylic acids is 1. The number of esters is 1. The Kier molecular flexibility index (Phi) is 1.33. The quantitative estimate of drug-likeness (QED) is 0.444. The lowest BCUT2D eigenvalue weighted by molar-refractivity contribution is -0.273. The number of hydrogen-bond donors (Lipinski definition) is 1. The zero-order chi connectivity index (χ0) is 10.1. The number of fused-ring (bicyclic) bond motifs is 1.